The Kier molecular flexibility index (Phi) is 4.14. The van der Waals surface area contributed by atoms with Crippen molar-refractivity contribution in [3.63, 3.8) is 0 Å². The van der Waals surface area contributed by atoms with Gasteiger partial charge in [0.1, 0.15) is 11.6 Å². The van der Waals surface area contributed by atoms with E-state index in [4.69, 9.17) is 5.73 Å². The van der Waals surface area contributed by atoms with Crippen LogP contribution in [0.3, 0.4) is 0 Å². The second-order valence-corrected chi connectivity index (χ2v) is 4.07. The number of aromatic nitrogens is 1. The van der Waals surface area contributed by atoms with Gasteiger partial charge in [0.15, 0.2) is 5.69 Å². The highest BCUT2D eigenvalue weighted by molar-refractivity contribution is 5.88. The van der Waals surface area contributed by atoms with Gasteiger partial charge in [0.25, 0.3) is 0 Å². The molecular formula is C14H14FN3O2. The van der Waals surface area contributed by atoms with Crippen molar-refractivity contribution in [3.05, 3.63) is 53.5 Å². The van der Waals surface area contributed by atoms with Gasteiger partial charge >= 0.3 is 5.97 Å². The number of ether oxygens (including phenoxy) is 1. The Balaban J connectivity index is 2.17. The SMILES string of the molecule is COC(=O)c1ccc(N)c(NCc2ccccc2F)n1. The minimum atomic E-state index is -0.557. The normalized spacial score (nSPS) is 10.1. The van der Waals surface area contributed by atoms with Crippen LogP contribution in [0.2, 0.25) is 0 Å². The summed E-state index contributed by atoms with van der Waals surface area (Å²) in [5.74, 6) is -0.558. The molecule has 0 spiro atoms. The van der Waals surface area contributed by atoms with E-state index >= 15 is 0 Å². The van der Waals surface area contributed by atoms with E-state index in [0.29, 0.717) is 17.1 Å². The first-order chi connectivity index (χ1) is 9.61. The molecule has 0 amide bonds. The lowest BCUT2D eigenvalue weighted by Gasteiger charge is -2.10. The number of rotatable bonds is 4. The van der Waals surface area contributed by atoms with Crippen LogP contribution >= 0.6 is 0 Å². The molecule has 0 radical (unpaired) electrons. The van der Waals surface area contributed by atoms with Gasteiger partial charge in [-0.15, -0.1) is 0 Å². The third-order valence-corrected chi connectivity index (χ3v) is 2.73. The number of carbonyl (C=O) groups excluding carboxylic acids is 1. The maximum atomic E-state index is 13.5. The van der Waals surface area contributed by atoms with Crippen LogP contribution in [0, 0.1) is 5.82 Å². The molecule has 5 nitrogen and oxygen atoms in total. The highest BCUT2D eigenvalue weighted by atomic mass is 19.1. The van der Waals surface area contributed by atoms with E-state index in [9.17, 15) is 9.18 Å². The molecule has 1 heterocycles. The fourth-order valence-electron chi connectivity index (χ4n) is 1.65. The Morgan fingerprint density at radius 2 is 2.10 bits per heavy atom. The standard InChI is InChI=1S/C14H14FN3O2/c1-20-14(19)12-7-6-11(16)13(18-12)17-8-9-4-2-3-5-10(9)15/h2-7H,8,16H2,1H3,(H,17,18). The first kappa shape index (κ1) is 13.8. The number of pyridine rings is 1. The molecule has 0 aliphatic carbocycles. The molecule has 3 N–H and O–H groups in total. The fraction of sp³-hybridized carbons (Fsp3) is 0.143. The van der Waals surface area contributed by atoms with Gasteiger partial charge in [-0.05, 0) is 18.2 Å². The summed E-state index contributed by atoms with van der Waals surface area (Å²) in [7, 11) is 1.27. The molecule has 1 aromatic heterocycles. The van der Waals surface area contributed by atoms with Crippen molar-refractivity contribution in [1.82, 2.24) is 4.98 Å². The number of nitrogens with one attached hydrogen (secondary N) is 1. The van der Waals surface area contributed by atoms with Crippen molar-refractivity contribution >= 4 is 17.5 Å². The predicted molar refractivity (Wildman–Crippen MR) is 73.7 cm³/mol. The summed E-state index contributed by atoms with van der Waals surface area (Å²) in [6.07, 6.45) is 0. The zero-order valence-electron chi connectivity index (χ0n) is 10.9. The lowest BCUT2D eigenvalue weighted by atomic mass is 10.2. The van der Waals surface area contributed by atoms with Gasteiger partial charge in [0.2, 0.25) is 0 Å². The highest BCUT2D eigenvalue weighted by Gasteiger charge is 2.10. The maximum Gasteiger partial charge on any atom is 0.356 e. The number of carbonyl (C=O) groups is 1. The minimum Gasteiger partial charge on any atom is -0.464 e. The number of hydrogen-bond acceptors (Lipinski definition) is 5. The number of nitrogen functional groups attached to an aromatic ring is 1. The summed E-state index contributed by atoms with van der Waals surface area (Å²) >= 11 is 0. The molecule has 0 saturated carbocycles. The first-order valence-electron chi connectivity index (χ1n) is 5.94. The van der Waals surface area contributed by atoms with Gasteiger partial charge in [-0.3, -0.25) is 0 Å². The Bertz CT molecular complexity index is 632. The number of hydrogen-bond donors (Lipinski definition) is 2. The average Bonchev–Trinajstić information content (AvgIpc) is 2.47. The summed E-state index contributed by atoms with van der Waals surface area (Å²) in [6, 6.07) is 9.39. The van der Waals surface area contributed by atoms with E-state index in [1.54, 1.807) is 24.3 Å². The number of methoxy groups -OCH3 is 1. The van der Waals surface area contributed by atoms with Gasteiger partial charge in [0, 0.05) is 12.1 Å². The zero-order valence-corrected chi connectivity index (χ0v) is 10.9. The fourth-order valence-corrected chi connectivity index (χ4v) is 1.65. The lowest BCUT2D eigenvalue weighted by Crippen LogP contribution is -2.10. The second kappa shape index (κ2) is 6.01. The van der Waals surface area contributed by atoms with Crippen LogP contribution in [0.5, 0.6) is 0 Å². The Hall–Kier alpha value is -2.63. The third-order valence-electron chi connectivity index (χ3n) is 2.73. The summed E-state index contributed by atoms with van der Waals surface area (Å²) in [5, 5.41) is 2.91. The molecule has 2 rings (SSSR count). The lowest BCUT2D eigenvalue weighted by molar-refractivity contribution is 0.0594. The van der Waals surface area contributed by atoms with Crippen LogP contribution in [0.1, 0.15) is 16.1 Å². The minimum absolute atomic E-state index is 0.137. The number of nitrogens with zero attached hydrogens (tertiary/aromatic N) is 1. The number of benzene rings is 1. The Morgan fingerprint density at radius 1 is 1.35 bits per heavy atom. The third kappa shape index (κ3) is 3.03. The van der Waals surface area contributed by atoms with Gasteiger partial charge in [-0.2, -0.15) is 0 Å². The molecule has 0 aliphatic rings. The molecule has 104 valence electrons. The summed E-state index contributed by atoms with van der Waals surface area (Å²) in [4.78, 5) is 15.4. The summed E-state index contributed by atoms with van der Waals surface area (Å²) < 4.78 is 18.1. The quantitative estimate of drug-likeness (QED) is 0.836. The zero-order chi connectivity index (χ0) is 14.5. The molecule has 6 heteroatoms. The summed E-state index contributed by atoms with van der Waals surface area (Å²) in [6.45, 7) is 0.217. The van der Waals surface area contributed by atoms with Crippen molar-refractivity contribution in [2.24, 2.45) is 0 Å². The monoisotopic (exact) mass is 275 g/mol. The van der Waals surface area contributed by atoms with Crippen molar-refractivity contribution in [2.75, 3.05) is 18.2 Å². The molecule has 20 heavy (non-hydrogen) atoms. The van der Waals surface area contributed by atoms with Crippen LogP contribution in [0.4, 0.5) is 15.9 Å². The van der Waals surface area contributed by atoms with E-state index in [2.05, 4.69) is 15.0 Å². The van der Waals surface area contributed by atoms with Crippen molar-refractivity contribution < 1.29 is 13.9 Å². The van der Waals surface area contributed by atoms with E-state index in [1.165, 1.54) is 19.2 Å². The first-order valence-corrected chi connectivity index (χ1v) is 5.94. The molecular weight excluding hydrogens is 261 g/mol. The van der Waals surface area contributed by atoms with Crippen LogP contribution in [0.15, 0.2) is 36.4 Å². The van der Waals surface area contributed by atoms with Gasteiger partial charge in [0.05, 0.1) is 12.8 Å². The van der Waals surface area contributed by atoms with Crippen molar-refractivity contribution in [2.45, 2.75) is 6.54 Å². The van der Waals surface area contributed by atoms with E-state index in [1.807, 2.05) is 0 Å². The number of halogens is 1. The van der Waals surface area contributed by atoms with Crippen LogP contribution in [0.25, 0.3) is 0 Å². The molecule has 0 unspecified atom stereocenters. The number of nitrogens with two attached hydrogens (primary N) is 1. The molecule has 0 saturated heterocycles. The molecule has 0 bridgehead atoms. The van der Waals surface area contributed by atoms with Crippen LogP contribution in [-0.4, -0.2) is 18.1 Å². The maximum absolute atomic E-state index is 13.5. The molecule has 0 fully saturated rings. The largest absolute Gasteiger partial charge is 0.464 e. The predicted octanol–water partition coefficient (Wildman–Crippen LogP) is 2.20. The smallest absolute Gasteiger partial charge is 0.356 e. The molecule has 1 aromatic carbocycles. The van der Waals surface area contributed by atoms with Crippen LogP contribution < -0.4 is 11.1 Å². The van der Waals surface area contributed by atoms with E-state index in [-0.39, 0.29) is 18.1 Å². The van der Waals surface area contributed by atoms with Crippen LogP contribution in [-0.2, 0) is 11.3 Å². The second-order valence-electron chi connectivity index (χ2n) is 4.07. The van der Waals surface area contributed by atoms with Gasteiger partial charge in [-0.1, -0.05) is 18.2 Å². The van der Waals surface area contributed by atoms with Gasteiger partial charge in [-0.25, -0.2) is 14.2 Å². The van der Waals surface area contributed by atoms with Crippen molar-refractivity contribution in [3.8, 4) is 0 Å². The van der Waals surface area contributed by atoms with E-state index in [0.717, 1.165) is 0 Å². The van der Waals surface area contributed by atoms with E-state index < -0.39 is 5.97 Å². The van der Waals surface area contributed by atoms with Gasteiger partial charge < -0.3 is 15.8 Å². The number of esters is 1. The average molecular weight is 275 g/mol. The molecule has 0 atom stereocenters. The molecule has 0 aliphatic heterocycles. The number of anilines is 2. The topological polar surface area (TPSA) is 77.2 Å². The highest BCUT2D eigenvalue weighted by Crippen LogP contribution is 2.18. The Labute approximate surface area is 115 Å². The summed E-state index contributed by atoms with van der Waals surface area (Å²) in [5.41, 5.74) is 6.75. The van der Waals surface area contributed by atoms with Crippen molar-refractivity contribution in [1.29, 1.82) is 0 Å². The Morgan fingerprint density at radius 3 is 2.80 bits per heavy atom. The molecule has 2 aromatic rings.